The number of piperidine rings is 1. The molecule has 3 heterocycles. The molecule has 5 nitrogen and oxygen atoms in total. The van der Waals surface area contributed by atoms with Gasteiger partial charge in [-0.3, -0.25) is 0 Å². The van der Waals surface area contributed by atoms with Crippen LogP contribution in [0.1, 0.15) is 48.2 Å². The molecule has 28 heavy (non-hydrogen) atoms. The fourth-order valence-corrected chi connectivity index (χ4v) is 4.80. The molecule has 0 aromatic heterocycles. The van der Waals surface area contributed by atoms with Gasteiger partial charge in [-0.2, -0.15) is 0 Å². The number of aliphatic hydroxyl groups is 2. The van der Waals surface area contributed by atoms with Crippen LogP contribution < -0.4 is 9.47 Å². The van der Waals surface area contributed by atoms with Crippen molar-refractivity contribution in [2.45, 2.75) is 43.5 Å². The van der Waals surface area contributed by atoms with E-state index in [-0.39, 0.29) is 5.60 Å². The minimum absolute atomic E-state index is 0.292. The number of fused-ring (bicyclic) bond motifs is 2. The predicted octanol–water partition coefficient (Wildman–Crippen LogP) is 3.01. The normalized spacial score (nSPS) is 24.1. The van der Waals surface area contributed by atoms with Crippen molar-refractivity contribution in [3.63, 3.8) is 0 Å². The zero-order valence-corrected chi connectivity index (χ0v) is 16.0. The average molecular weight is 381 g/mol. The standard InChI is InChI=1S/C23H27NO4/c25-19-14-23(28-22-4-2-1-3-18(19)22)8-10-24(11-9-23)15-20(26)16-5-6-21-17(13-16)7-12-27-21/h1-6,13,19-20,25-26H,7-12,14-15H2. The van der Waals surface area contributed by atoms with E-state index in [2.05, 4.69) is 11.0 Å². The van der Waals surface area contributed by atoms with Crippen LogP contribution in [-0.2, 0) is 6.42 Å². The molecular formula is C23H27NO4. The van der Waals surface area contributed by atoms with Crippen molar-refractivity contribution in [3.05, 3.63) is 59.2 Å². The van der Waals surface area contributed by atoms with E-state index in [0.29, 0.717) is 13.0 Å². The summed E-state index contributed by atoms with van der Waals surface area (Å²) in [5.41, 5.74) is 2.76. The summed E-state index contributed by atoms with van der Waals surface area (Å²) >= 11 is 0. The maximum absolute atomic E-state index is 10.7. The Hall–Kier alpha value is -2.08. The summed E-state index contributed by atoms with van der Waals surface area (Å²) in [6.07, 6.45) is 2.33. The third kappa shape index (κ3) is 3.28. The lowest BCUT2D eigenvalue weighted by Gasteiger charge is -2.46. The number of ether oxygens (including phenoxy) is 2. The Morgan fingerprint density at radius 1 is 1.11 bits per heavy atom. The first-order valence-electron chi connectivity index (χ1n) is 10.2. The molecule has 1 saturated heterocycles. The highest BCUT2D eigenvalue weighted by Crippen LogP contribution is 2.44. The third-order valence-electron chi connectivity index (χ3n) is 6.47. The number of hydrogen-bond donors (Lipinski definition) is 2. The van der Waals surface area contributed by atoms with Gasteiger partial charge >= 0.3 is 0 Å². The first-order chi connectivity index (χ1) is 13.6. The molecule has 1 fully saturated rings. The summed E-state index contributed by atoms with van der Waals surface area (Å²) < 4.78 is 11.9. The Morgan fingerprint density at radius 3 is 2.79 bits per heavy atom. The van der Waals surface area contributed by atoms with Crippen molar-refractivity contribution in [2.75, 3.05) is 26.2 Å². The van der Waals surface area contributed by atoms with Gasteiger partial charge in [0.25, 0.3) is 0 Å². The van der Waals surface area contributed by atoms with Crippen LogP contribution in [0, 0.1) is 0 Å². The van der Waals surface area contributed by atoms with Gasteiger partial charge in [-0.25, -0.2) is 0 Å². The lowest BCUT2D eigenvalue weighted by atomic mass is 9.81. The molecule has 148 valence electrons. The molecule has 2 aromatic rings. The smallest absolute Gasteiger partial charge is 0.125 e. The van der Waals surface area contributed by atoms with Crippen LogP contribution in [-0.4, -0.2) is 47.0 Å². The fraction of sp³-hybridized carbons (Fsp3) is 0.478. The highest BCUT2D eigenvalue weighted by Gasteiger charge is 2.42. The van der Waals surface area contributed by atoms with Crippen LogP contribution in [0.3, 0.4) is 0 Å². The zero-order valence-electron chi connectivity index (χ0n) is 16.0. The largest absolute Gasteiger partial charge is 0.493 e. The van der Waals surface area contributed by atoms with Crippen molar-refractivity contribution in [1.82, 2.24) is 4.90 Å². The van der Waals surface area contributed by atoms with Crippen molar-refractivity contribution in [2.24, 2.45) is 0 Å². The van der Waals surface area contributed by atoms with Gasteiger partial charge in [0.1, 0.15) is 17.1 Å². The summed E-state index contributed by atoms with van der Waals surface area (Å²) in [6, 6.07) is 13.8. The number of rotatable bonds is 3. The second kappa shape index (κ2) is 7.07. The molecule has 2 atom stereocenters. The minimum Gasteiger partial charge on any atom is -0.493 e. The molecule has 2 unspecified atom stereocenters. The lowest BCUT2D eigenvalue weighted by Crippen LogP contribution is -2.51. The average Bonchev–Trinajstić information content (AvgIpc) is 3.18. The summed E-state index contributed by atoms with van der Waals surface area (Å²) in [6.45, 7) is 3.08. The van der Waals surface area contributed by atoms with Crippen LogP contribution in [0.4, 0.5) is 0 Å². The van der Waals surface area contributed by atoms with Crippen molar-refractivity contribution in [1.29, 1.82) is 0 Å². The molecule has 1 spiro atoms. The Balaban J connectivity index is 1.22. The first-order valence-corrected chi connectivity index (χ1v) is 10.2. The van der Waals surface area contributed by atoms with E-state index < -0.39 is 12.2 Å². The number of aliphatic hydroxyl groups excluding tert-OH is 2. The summed E-state index contributed by atoms with van der Waals surface area (Å²) in [5, 5.41) is 21.3. The zero-order chi connectivity index (χ0) is 19.1. The van der Waals surface area contributed by atoms with Gasteiger partial charge in [0.15, 0.2) is 0 Å². The number of β-amino-alcohol motifs (C(OH)–C–C–N with tert-alkyl or cyclic N) is 1. The maximum atomic E-state index is 10.7. The van der Waals surface area contributed by atoms with Gasteiger partial charge in [0.05, 0.1) is 18.8 Å². The van der Waals surface area contributed by atoms with E-state index in [0.717, 1.165) is 61.6 Å². The van der Waals surface area contributed by atoms with E-state index >= 15 is 0 Å². The van der Waals surface area contributed by atoms with Gasteiger partial charge in [0.2, 0.25) is 0 Å². The third-order valence-corrected chi connectivity index (χ3v) is 6.47. The number of benzene rings is 2. The fourth-order valence-electron chi connectivity index (χ4n) is 4.80. The predicted molar refractivity (Wildman–Crippen MR) is 106 cm³/mol. The molecule has 0 amide bonds. The molecular weight excluding hydrogens is 354 g/mol. The van der Waals surface area contributed by atoms with Crippen LogP contribution in [0.25, 0.3) is 0 Å². The molecule has 3 aliphatic rings. The van der Waals surface area contributed by atoms with Gasteiger partial charge in [-0.1, -0.05) is 24.3 Å². The molecule has 0 saturated carbocycles. The number of para-hydroxylation sites is 1. The Kier molecular flexibility index (Phi) is 4.54. The van der Waals surface area contributed by atoms with Gasteiger partial charge in [-0.15, -0.1) is 0 Å². The Bertz CT molecular complexity index is 859. The maximum Gasteiger partial charge on any atom is 0.125 e. The number of nitrogens with zero attached hydrogens (tertiary/aromatic N) is 1. The molecule has 0 radical (unpaired) electrons. The SMILES string of the molecule is OC(CN1CCC2(CC1)CC(O)c1ccccc1O2)c1ccc2c(c1)CCO2. The molecule has 5 heteroatoms. The van der Waals surface area contributed by atoms with Gasteiger partial charge in [-0.05, 0) is 42.2 Å². The highest BCUT2D eigenvalue weighted by molar-refractivity contribution is 5.40. The number of likely N-dealkylation sites (tertiary alicyclic amines) is 1. The van der Waals surface area contributed by atoms with Crippen LogP contribution in [0.2, 0.25) is 0 Å². The van der Waals surface area contributed by atoms with Crippen molar-refractivity contribution < 1.29 is 19.7 Å². The summed E-state index contributed by atoms with van der Waals surface area (Å²) in [7, 11) is 0. The van der Waals surface area contributed by atoms with Crippen LogP contribution in [0.15, 0.2) is 42.5 Å². The highest BCUT2D eigenvalue weighted by atomic mass is 16.5. The van der Waals surface area contributed by atoms with Crippen molar-refractivity contribution >= 4 is 0 Å². The second-order valence-corrected chi connectivity index (χ2v) is 8.32. The van der Waals surface area contributed by atoms with Gasteiger partial charge in [0, 0.05) is 38.0 Å². The van der Waals surface area contributed by atoms with E-state index in [4.69, 9.17) is 9.47 Å². The lowest BCUT2D eigenvalue weighted by molar-refractivity contribution is -0.0587. The van der Waals surface area contributed by atoms with Crippen molar-refractivity contribution in [3.8, 4) is 11.5 Å². The van der Waals surface area contributed by atoms with Gasteiger partial charge < -0.3 is 24.6 Å². The molecule has 2 aromatic carbocycles. The van der Waals surface area contributed by atoms with E-state index in [1.165, 1.54) is 5.56 Å². The Labute approximate surface area is 165 Å². The minimum atomic E-state index is -0.501. The molecule has 5 rings (SSSR count). The van der Waals surface area contributed by atoms with E-state index in [1.807, 2.05) is 36.4 Å². The summed E-state index contributed by atoms with van der Waals surface area (Å²) in [5.74, 6) is 1.76. The first kappa shape index (κ1) is 18.0. The van der Waals surface area contributed by atoms with E-state index in [9.17, 15) is 10.2 Å². The topological polar surface area (TPSA) is 62.2 Å². The molecule has 2 N–H and O–H groups in total. The quantitative estimate of drug-likeness (QED) is 0.856. The number of hydrogen-bond acceptors (Lipinski definition) is 5. The summed E-state index contributed by atoms with van der Waals surface area (Å²) in [4.78, 5) is 2.30. The molecule has 0 aliphatic carbocycles. The van der Waals surface area contributed by atoms with Crippen LogP contribution in [0.5, 0.6) is 11.5 Å². The molecule has 3 aliphatic heterocycles. The molecule has 0 bridgehead atoms. The Morgan fingerprint density at radius 2 is 1.93 bits per heavy atom. The monoisotopic (exact) mass is 381 g/mol. The van der Waals surface area contributed by atoms with Crippen LogP contribution >= 0.6 is 0 Å². The second-order valence-electron chi connectivity index (χ2n) is 8.32. The van der Waals surface area contributed by atoms with E-state index in [1.54, 1.807) is 0 Å².